The number of urea groups is 1. The zero-order valence-corrected chi connectivity index (χ0v) is 19.1. The predicted molar refractivity (Wildman–Crippen MR) is 123 cm³/mol. The molecule has 0 radical (unpaired) electrons. The summed E-state index contributed by atoms with van der Waals surface area (Å²) in [5.74, 6) is -2.66. The Morgan fingerprint density at radius 1 is 1.03 bits per heavy atom. The van der Waals surface area contributed by atoms with Crippen LogP contribution in [-0.4, -0.2) is 44.7 Å². The number of nitrogen functional groups attached to an aromatic ring is 1. The molecule has 0 saturated carbocycles. The number of carbonyl (C=O) groups is 1. The molecule has 1 atom stereocenters. The second-order valence-corrected chi connectivity index (χ2v) is 8.59. The Morgan fingerprint density at radius 3 is 2.46 bits per heavy atom. The fraction of sp³-hybridized carbons (Fsp3) is 0.208. The van der Waals surface area contributed by atoms with Gasteiger partial charge in [0.05, 0.1) is 18.0 Å². The topological polar surface area (TPSA) is 80.3 Å². The number of aromatic nitrogens is 3. The summed E-state index contributed by atoms with van der Waals surface area (Å²) in [4.78, 5) is 22.5. The molecule has 0 bridgehead atoms. The van der Waals surface area contributed by atoms with Crippen molar-refractivity contribution in [3.05, 3.63) is 71.9 Å². The van der Waals surface area contributed by atoms with Gasteiger partial charge in [0.25, 0.3) is 0 Å². The van der Waals surface area contributed by atoms with E-state index in [4.69, 9.17) is 5.73 Å². The molecule has 5 rings (SSSR count). The highest BCUT2D eigenvalue weighted by Crippen LogP contribution is 2.39. The van der Waals surface area contributed by atoms with Crippen molar-refractivity contribution in [2.24, 2.45) is 7.05 Å². The number of alkyl halides is 3. The van der Waals surface area contributed by atoms with Gasteiger partial charge in [0.1, 0.15) is 41.8 Å². The fourth-order valence-corrected chi connectivity index (χ4v) is 4.59. The molecule has 1 unspecified atom stereocenters. The Hall–Kier alpha value is -4.29. The molecule has 0 spiro atoms. The summed E-state index contributed by atoms with van der Waals surface area (Å²) in [6.45, 7) is -2.08. The number of nitrogens with two attached hydrogens (primary N) is 1. The fourth-order valence-electron chi connectivity index (χ4n) is 4.59. The molecule has 2 aromatic carbocycles. The summed E-state index contributed by atoms with van der Waals surface area (Å²) < 4.78 is 84.7. The van der Waals surface area contributed by atoms with Crippen LogP contribution in [0.3, 0.4) is 0 Å². The predicted octanol–water partition coefficient (Wildman–Crippen LogP) is 5.18. The quantitative estimate of drug-likeness (QED) is 0.376. The van der Waals surface area contributed by atoms with Gasteiger partial charge in [-0.25, -0.2) is 27.9 Å². The normalized spacial score (nSPS) is 16.3. The number of hydrogen-bond donors (Lipinski definition) is 1. The number of rotatable bonds is 4. The number of amides is 2. The number of halogens is 6. The Morgan fingerprint density at radius 2 is 1.78 bits per heavy atom. The molecule has 2 amide bonds. The zero-order chi connectivity index (χ0) is 26.6. The van der Waals surface area contributed by atoms with Gasteiger partial charge in [-0.3, -0.25) is 4.90 Å². The minimum Gasteiger partial charge on any atom is -0.383 e. The molecule has 13 heteroatoms. The van der Waals surface area contributed by atoms with Crippen molar-refractivity contribution in [2.75, 3.05) is 23.7 Å². The Labute approximate surface area is 205 Å². The maximum absolute atomic E-state index is 15.4. The highest BCUT2D eigenvalue weighted by Gasteiger charge is 2.45. The van der Waals surface area contributed by atoms with E-state index in [1.807, 2.05) is 0 Å². The van der Waals surface area contributed by atoms with E-state index in [1.54, 1.807) is 17.8 Å². The number of nitrogens with zero attached hydrogens (tertiary/aromatic N) is 5. The molecule has 192 valence electrons. The van der Waals surface area contributed by atoms with Gasteiger partial charge in [0.15, 0.2) is 0 Å². The lowest BCUT2D eigenvalue weighted by Gasteiger charge is -2.24. The van der Waals surface area contributed by atoms with Gasteiger partial charge >= 0.3 is 12.2 Å². The van der Waals surface area contributed by atoms with Crippen LogP contribution in [0.2, 0.25) is 0 Å². The smallest absolute Gasteiger partial charge is 0.383 e. The van der Waals surface area contributed by atoms with E-state index in [0.717, 1.165) is 23.1 Å². The average Bonchev–Trinajstić information content (AvgIpc) is 3.31. The third-order valence-electron chi connectivity index (χ3n) is 6.22. The van der Waals surface area contributed by atoms with Crippen LogP contribution < -0.4 is 10.6 Å². The van der Waals surface area contributed by atoms with Crippen molar-refractivity contribution >= 4 is 28.6 Å². The van der Waals surface area contributed by atoms with E-state index in [2.05, 4.69) is 9.97 Å². The molecule has 1 aliphatic rings. The number of carbonyl (C=O) groups excluding carboxylic acids is 1. The second kappa shape index (κ2) is 8.68. The summed E-state index contributed by atoms with van der Waals surface area (Å²) in [5.41, 5.74) is 6.61. The van der Waals surface area contributed by atoms with Crippen LogP contribution in [-0.2, 0) is 7.05 Å². The molecule has 0 aliphatic carbocycles. The number of benzene rings is 2. The Balaban J connectivity index is 1.54. The molecule has 2 aromatic heterocycles. The van der Waals surface area contributed by atoms with E-state index in [1.165, 1.54) is 18.5 Å². The van der Waals surface area contributed by atoms with E-state index in [0.29, 0.717) is 27.6 Å². The lowest BCUT2D eigenvalue weighted by molar-refractivity contribution is -0.141. The number of aryl methyl sites for hydroxylation is 1. The Bertz CT molecular complexity index is 1530. The van der Waals surface area contributed by atoms with Gasteiger partial charge in [-0.1, -0.05) is 6.07 Å². The third-order valence-corrected chi connectivity index (χ3v) is 6.22. The minimum absolute atomic E-state index is 0.0343. The van der Waals surface area contributed by atoms with Crippen LogP contribution in [0, 0.1) is 17.5 Å². The van der Waals surface area contributed by atoms with Crippen molar-refractivity contribution < 1.29 is 31.1 Å². The van der Waals surface area contributed by atoms with E-state index in [9.17, 15) is 26.7 Å². The molecule has 37 heavy (non-hydrogen) atoms. The molecule has 1 saturated heterocycles. The van der Waals surface area contributed by atoms with Crippen LogP contribution in [0.5, 0.6) is 0 Å². The maximum Gasteiger partial charge on any atom is 0.406 e. The van der Waals surface area contributed by atoms with Crippen LogP contribution >= 0.6 is 0 Å². The lowest BCUT2D eigenvalue weighted by atomic mass is 10.0. The molecular formula is C24H18F6N6O. The molecule has 1 aliphatic heterocycles. The lowest BCUT2D eigenvalue weighted by Crippen LogP contribution is -2.39. The molecule has 7 nitrogen and oxygen atoms in total. The Kier molecular flexibility index (Phi) is 5.72. The molecule has 1 fully saturated rings. The number of fused-ring (bicyclic) bond motifs is 1. The van der Waals surface area contributed by atoms with Crippen molar-refractivity contribution in [3.63, 3.8) is 0 Å². The summed E-state index contributed by atoms with van der Waals surface area (Å²) in [6.07, 6.45) is -1.91. The van der Waals surface area contributed by atoms with Crippen LogP contribution in [0.1, 0.15) is 11.6 Å². The summed E-state index contributed by atoms with van der Waals surface area (Å²) in [7, 11) is 1.69. The molecular weight excluding hydrogens is 502 g/mol. The van der Waals surface area contributed by atoms with Gasteiger partial charge in [-0.15, -0.1) is 0 Å². The maximum atomic E-state index is 15.4. The highest BCUT2D eigenvalue weighted by atomic mass is 19.4. The minimum atomic E-state index is -4.79. The summed E-state index contributed by atoms with van der Waals surface area (Å²) >= 11 is 0. The second-order valence-electron chi connectivity index (χ2n) is 8.59. The van der Waals surface area contributed by atoms with Gasteiger partial charge in [0.2, 0.25) is 0 Å². The zero-order valence-electron chi connectivity index (χ0n) is 19.1. The monoisotopic (exact) mass is 520 g/mol. The first-order chi connectivity index (χ1) is 17.4. The van der Waals surface area contributed by atoms with E-state index in [-0.39, 0.29) is 22.6 Å². The highest BCUT2D eigenvalue weighted by molar-refractivity contribution is 6.01. The van der Waals surface area contributed by atoms with Gasteiger partial charge in [-0.2, -0.15) is 13.2 Å². The average molecular weight is 520 g/mol. The largest absolute Gasteiger partial charge is 0.406 e. The summed E-state index contributed by atoms with van der Waals surface area (Å²) in [5, 5.41) is 0.414. The van der Waals surface area contributed by atoms with Gasteiger partial charge < -0.3 is 15.2 Å². The molecule has 4 aromatic rings. The first-order valence-electron chi connectivity index (χ1n) is 10.9. The van der Waals surface area contributed by atoms with Gasteiger partial charge in [0, 0.05) is 41.7 Å². The van der Waals surface area contributed by atoms with Gasteiger partial charge in [-0.05, 0) is 24.3 Å². The number of hydrogen-bond acceptors (Lipinski definition) is 4. The van der Waals surface area contributed by atoms with Crippen LogP contribution in [0.15, 0.2) is 48.9 Å². The van der Waals surface area contributed by atoms with E-state index >= 15 is 4.39 Å². The van der Waals surface area contributed by atoms with Crippen LogP contribution in [0.4, 0.5) is 42.6 Å². The van der Waals surface area contributed by atoms with Crippen LogP contribution in [0.25, 0.3) is 22.2 Å². The first kappa shape index (κ1) is 24.4. The SMILES string of the molecule is Cn1cc(-c2ccc(N3CC(c4ccc(F)cc4F)N(CC(F)(F)F)C3=O)cc2F)c2c(N)ncnc21. The van der Waals surface area contributed by atoms with E-state index < -0.39 is 48.8 Å². The number of anilines is 2. The molecule has 2 N–H and O–H groups in total. The standard InChI is InChI=1S/C24H18F6N6O/c1-34-8-16(20-21(31)32-11-33-22(20)34)14-5-3-13(7-18(14)27)35-9-19(15-4-2-12(25)6-17(15)26)36(23(35)37)10-24(28,29)30/h2-8,11,19H,9-10H2,1H3,(H2,31,32,33). The van der Waals surface area contributed by atoms with Crippen molar-refractivity contribution in [1.82, 2.24) is 19.4 Å². The van der Waals surface area contributed by atoms with Crippen molar-refractivity contribution in [1.29, 1.82) is 0 Å². The van der Waals surface area contributed by atoms with Crippen molar-refractivity contribution in [3.8, 4) is 11.1 Å². The first-order valence-corrected chi connectivity index (χ1v) is 10.9. The van der Waals surface area contributed by atoms with Crippen molar-refractivity contribution in [2.45, 2.75) is 12.2 Å². The third kappa shape index (κ3) is 4.30. The summed E-state index contributed by atoms with van der Waals surface area (Å²) in [6, 6.07) is 3.67. The molecule has 3 heterocycles.